The van der Waals surface area contributed by atoms with Crippen LogP contribution in [0.1, 0.15) is 43.4 Å². The molecule has 2 aliphatic rings. The summed E-state index contributed by atoms with van der Waals surface area (Å²) in [7, 11) is 0. The highest BCUT2D eigenvalue weighted by Crippen LogP contribution is 2.31. The Bertz CT molecular complexity index is 534. The molecule has 0 bridgehead atoms. The van der Waals surface area contributed by atoms with Gasteiger partial charge in [-0.1, -0.05) is 0 Å². The quantitative estimate of drug-likeness (QED) is 0.869. The number of hydrogen-bond acceptors (Lipinski definition) is 4. The molecule has 0 saturated carbocycles. The topological polar surface area (TPSA) is 72.5 Å². The molecule has 6 heteroatoms. The van der Waals surface area contributed by atoms with Crippen molar-refractivity contribution in [1.82, 2.24) is 20.0 Å². The molecule has 2 fully saturated rings. The highest BCUT2D eigenvalue weighted by Gasteiger charge is 2.37. The van der Waals surface area contributed by atoms with Crippen LogP contribution in [0.4, 0.5) is 0 Å². The van der Waals surface area contributed by atoms with Crippen molar-refractivity contribution < 1.29 is 9.90 Å². The summed E-state index contributed by atoms with van der Waals surface area (Å²) in [6.45, 7) is 7.73. The van der Waals surface area contributed by atoms with Gasteiger partial charge in [0.25, 0.3) is 0 Å². The minimum atomic E-state index is -0.649. The maximum atomic E-state index is 11.4. The van der Waals surface area contributed by atoms with Crippen LogP contribution in [-0.2, 0) is 4.79 Å². The van der Waals surface area contributed by atoms with Crippen LogP contribution < -0.4 is 0 Å². The van der Waals surface area contributed by atoms with E-state index in [9.17, 15) is 9.90 Å². The van der Waals surface area contributed by atoms with Gasteiger partial charge >= 0.3 is 0 Å². The molecule has 1 aromatic rings. The zero-order valence-electron chi connectivity index (χ0n) is 13.5. The van der Waals surface area contributed by atoms with Gasteiger partial charge in [-0.25, -0.2) is 0 Å². The number of β-amino-alcohol motifs (C(OH)–C–C–N with tert-alkyl or cyclic N) is 1. The van der Waals surface area contributed by atoms with Crippen LogP contribution in [-0.4, -0.2) is 69.3 Å². The molecular formula is C16H26N4O2. The van der Waals surface area contributed by atoms with Crippen LogP contribution in [0, 0.1) is 6.92 Å². The predicted octanol–water partition coefficient (Wildman–Crippen LogP) is 0.881. The van der Waals surface area contributed by atoms with Crippen molar-refractivity contribution in [3.05, 3.63) is 17.5 Å². The summed E-state index contributed by atoms with van der Waals surface area (Å²) < 4.78 is 0. The van der Waals surface area contributed by atoms with Gasteiger partial charge < -0.3 is 10.0 Å². The Morgan fingerprint density at radius 3 is 2.77 bits per heavy atom. The van der Waals surface area contributed by atoms with Gasteiger partial charge in [0, 0.05) is 44.7 Å². The molecule has 0 aliphatic carbocycles. The first-order valence-electron chi connectivity index (χ1n) is 8.17. The minimum Gasteiger partial charge on any atom is -0.388 e. The standard InChI is InChI=1S/C16H26N4O2/c1-12-9-17-18-15(12)14-3-6-19(10-14)11-16(22)4-7-20(8-5-16)13(2)21/h9,14,22H,3-8,10-11H2,1-2H3,(H,17,18). The summed E-state index contributed by atoms with van der Waals surface area (Å²) in [5.74, 6) is 0.599. The van der Waals surface area contributed by atoms with E-state index in [0.29, 0.717) is 38.4 Å². The van der Waals surface area contributed by atoms with Gasteiger partial charge in [0.15, 0.2) is 0 Å². The fourth-order valence-corrected chi connectivity index (χ4v) is 3.79. The molecule has 1 aromatic heterocycles. The summed E-state index contributed by atoms with van der Waals surface area (Å²) >= 11 is 0. The summed E-state index contributed by atoms with van der Waals surface area (Å²) in [6.07, 6.45) is 4.34. The summed E-state index contributed by atoms with van der Waals surface area (Å²) in [5.41, 5.74) is 1.81. The lowest BCUT2D eigenvalue weighted by Crippen LogP contribution is -2.51. The number of carbonyl (C=O) groups excluding carboxylic acids is 1. The van der Waals surface area contributed by atoms with Gasteiger partial charge in [-0.3, -0.25) is 14.8 Å². The number of aromatic amines is 1. The number of nitrogens with one attached hydrogen (secondary N) is 1. The minimum absolute atomic E-state index is 0.109. The molecule has 1 amide bonds. The highest BCUT2D eigenvalue weighted by atomic mass is 16.3. The number of aromatic nitrogens is 2. The van der Waals surface area contributed by atoms with E-state index >= 15 is 0 Å². The molecule has 6 nitrogen and oxygen atoms in total. The fraction of sp³-hybridized carbons (Fsp3) is 0.750. The molecule has 0 radical (unpaired) electrons. The SMILES string of the molecule is CC(=O)N1CCC(O)(CN2CCC(c3[nH]ncc3C)C2)CC1. The average Bonchev–Trinajstić information content (AvgIpc) is 3.07. The van der Waals surface area contributed by atoms with Crippen molar-refractivity contribution in [3.63, 3.8) is 0 Å². The monoisotopic (exact) mass is 306 g/mol. The van der Waals surface area contributed by atoms with Crippen molar-refractivity contribution >= 4 is 5.91 Å². The van der Waals surface area contributed by atoms with E-state index in [4.69, 9.17) is 0 Å². The number of nitrogens with zero attached hydrogens (tertiary/aromatic N) is 3. The van der Waals surface area contributed by atoms with Gasteiger partial charge in [-0.05, 0) is 38.3 Å². The fourth-order valence-electron chi connectivity index (χ4n) is 3.79. The number of aryl methyl sites for hydroxylation is 1. The maximum Gasteiger partial charge on any atom is 0.219 e. The Balaban J connectivity index is 1.54. The van der Waals surface area contributed by atoms with Gasteiger partial charge in [0.05, 0.1) is 11.8 Å². The number of H-pyrrole nitrogens is 1. The van der Waals surface area contributed by atoms with Crippen molar-refractivity contribution in [3.8, 4) is 0 Å². The average molecular weight is 306 g/mol. The molecule has 3 heterocycles. The molecule has 2 aliphatic heterocycles. The second-order valence-electron chi connectivity index (χ2n) is 6.92. The first-order chi connectivity index (χ1) is 10.5. The van der Waals surface area contributed by atoms with E-state index < -0.39 is 5.60 Å². The number of piperidine rings is 1. The normalized spacial score (nSPS) is 25.6. The van der Waals surface area contributed by atoms with Crippen LogP contribution in [0.2, 0.25) is 0 Å². The number of likely N-dealkylation sites (tertiary alicyclic amines) is 2. The summed E-state index contributed by atoms with van der Waals surface area (Å²) in [5, 5.41) is 18.0. The zero-order valence-corrected chi connectivity index (χ0v) is 13.5. The molecule has 0 spiro atoms. The number of carbonyl (C=O) groups is 1. The van der Waals surface area contributed by atoms with E-state index in [1.165, 1.54) is 11.3 Å². The number of amides is 1. The summed E-state index contributed by atoms with van der Waals surface area (Å²) in [6, 6.07) is 0. The molecule has 122 valence electrons. The zero-order chi connectivity index (χ0) is 15.7. The smallest absolute Gasteiger partial charge is 0.219 e. The van der Waals surface area contributed by atoms with Crippen LogP contribution in [0.25, 0.3) is 0 Å². The molecule has 0 aromatic carbocycles. The van der Waals surface area contributed by atoms with Crippen LogP contribution >= 0.6 is 0 Å². The van der Waals surface area contributed by atoms with E-state index in [0.717, 1.165) is 19.5 Å². The molecule has 22 heavy (non-hydrogen) atoms. The van der Waals surface area contributed by atoms with Crippen LogP contribution in [0.3, 0.4) is 0 Å². The lowest BCUT2D eigenvalue weighted by molar-refractivity contribution is -0.133. The Labute approximate surface area is 131 Å². The van der Waals surface area contributed by atoms with Crippen molar-refractivity contribution in [2.24, 2.45) is 0 Å². The second kappa shape index (κ2) is 6.01. The van der Waals surface area contributed by atoms with E-state index in [1.807, 2.05) is 11.1 Å². The molecule has 2 saturated heterocycles. The molecule has 1 unspecified atom stereocenters. The lowest BCUT2D eigenvalue weighted by atomic mass is 9.91. The second-order valence-corrected chi connectivity index (χ2v) is 6.92. The first kappa shape index (κ1) is 15.5. The van der Waals surface area contributed by atoms with Crippen molar-refractivity contribution in [2.75, 3.05) is 32.7 Å². The Morgan fingerprint density at radius 1 is 1.45 bits per heavy atom. The van der Waals surface area contributed by atoms with Crippen LogP contribution in [0.15, 0.2) is 6.20 Å². The number of hydrogen-bond donors (Lipinski definition) is 2. The summed E-state index contributed by atoms with van der Waals surface area (Å²) in [4.78, 5) is 15.6. The third kappa shape index (κ3) is 3.17. The predicted molar refractivity (Wildman–Crippen MR) is 83.6 cm³/mol. The third-order valence-corrected chi connectivity index (χ3v) is 5.21. The van der Waals surface area contributed by atoms with E-state index in [1.54, 1.807) is 6.92 Å². The number of rotatable bonds is 3. The highest BCUT2D eigenvalue weighted by molar-refractivity contribution is 5.73. The number of aliphatic hydroxyl groups is 1. The van der Waals surface area contributed by atoms with Crippen molar-refractivity contribution in [2.45, 2.75) is 44.6 Å². The molecule has 2 N–H and O–H groups in total. The van der Waals surface area contributed by atoms with Crippen LogP contribution in [0.5, 0.6) is 0 Å². The van der Waals surface area contributed by atoms with E-state index in [-0.39, 0.29) is 5.91 Å². The maximum absolute atomic E-state index is 11.4. The van der Waals surface area contributed by atoms with Gasteiger partial charge in [-0.2, -0.15) is 5.10 Å². The third-order valence-electron chi connectivity index (χ3n) is 5.21. The lowest BCUT2D eigenvalue weighted by Gasteiger charge is -2.40. The Kier molecular flexibility index (Phi) is 4.23. The van der Waals surface area contributed by atoms with Gasteiger partial charge in [0.2, 0.25) is 5.91 Å². The molecular weight excluding hydrogens is 280 g/mol. The van der Waals surface area contributed by atoms with Gasteiger partial charge in [0.1, 0.15) is 0 Å². The van der Waals surface area contributed by atoms with Crippen molar-refractivity contribution in [1.29, 1.82) is 0 Å². The van der Waals surface area contributed by atoms with E-state index in [2.05, 4.69) is 22.0 Å². The molecule has 3 rings (SSSR count). The molecule has 1 atom stereocenters. The Hall–Kier alpha value is -1.40. The Morgan fingerprint density at radius 2 is 2.18 bits per heavy atom. The largest absolute Gasteiger partial charge is 0.388 e. The first-order valence-corrected chi connectivity index (χ1v) is 8.17. The van der Waals surface area contributed by atoms with Gasteiger partial charge in [-0.15, -0.1) is 0 Å².